The molecule has 0 aliphatic heterocycles. The van der Waals surface area contributed by atoms with Gasteiger partial charge in [-0.15, -0.1) is 0 Å². The Labute approximate surface area is 128 Å². The molecular weight excluding hydrogens is 335 g/mol. The molecule has 1 heterocycles. The lowest BCUT2D eigenvalue weighted by atomic mass is 10.2. The maximum absolute atomic E-state index is 13.4. The van der Waals surface area contributed by atoms with E-state index in [-0.39, 0.29) is 11.5 Å². The van der Waals surface area contributed by atoms with E-state index >= 15 is 0 Å². The van der Waals surface area contributed by atoms with E-state index in [4.69, 9.17) is 0 Å². The van der Waals surface area contributed by atoms with Crippen LogP contribution in [0, 0.1) is 5.82 Å². The molecule has 0 saturated carbocycles. The van der Waals surface area contributed by atoms with Crippen molar-refractivity contribution in [3.8, 4) is 0 Å². The van der Waals surface area contributed by atoms with Gasteiger partial charge < -0.3 is 5.32 Å². The third-order valence-electron chi connectivity index (χ3n) is 3.03. The molecule has 1 amide bonds. The van der Waals surface area contributed by atoms with Gasteiger partial charge in [0.1, 0.15) is 5.82 Å². The van der Waals surface area contributed by atoms with Crippen LogP contribution in [-0.4, -0.2) is 10.9 Å². The lowest BCUT2D eigenvalue weighted by Gasteiger charge is -2.06. The Bertz CT molecular complexity index is 835. The smallest absolute Gasteiger partial charge is 0.255 e. The molecule has 0 aliphatic rings. The molecule has 0 spiro atoms. The number of nitrogens with zero attached hydrogens (tertiary/aromatic N) is 1. The molecule has 21 heavy (non-hydrogen) atoms. The van der Waals surface area contributed by atoms with E-state index in [1.54, 1.807) is 12.3 Å². The molecule has 104 valence electrons. The van der Waals surface area contributed by atoms with Crippen molar-refractivity contribution in [2.24, 2.45) is 0 Å². The topological polar surface area (TPSA) is 42.0 Å². The number of carbonyl (C=O) groups excluding carboxylic acids is 1. The summed E-state index contributed by atoms with van der Waals surface area (Å²) in [6, 6.07) is 13.7. The molecule has 0 aliphatic carbocycles. The number of halogens is 2. The Balaban J connectivity index is 1.87. The van der Waals surface area contributed by atoms with Gasteiger partial charge >= 0.3 is 0 Å². The van der Waals surface area contributed by atoms with Crippen molar-refractivity contribution < 1.29 is 9.18 Å². The van der Waals surface area contributed by atoms with Crippen molar-refractivity contribution in [2.75, 3.05) is 5.32 Å². The number of carbonyl (C=O) groups is 1. The van der Waals surface area contributed by atoms with Crippen LogP contribution in [0.5, 0.6) is 0 Å². The lowest BCUT2D eigenvalue weighted by Crippen LogP contribution is -2.12. The summed E-state index contributed by atoms with van der Waals surface area (Å²) in [7, 11) is 0. The first kappa shape index (κ1) is 13.7. The van der Waals surface area contributed by atoms with E-state index in [1.807, 2.05) is 30.3 Å². The second-order valence-electron chi connectivity index (χ2n) is 4.50. The number of nitrogens with one attached hydrogen (secondary N) is 1. The van der Waals surface area contributed by atoms with Gasteiger partial charge in [-0.2, -0.15) is 0 Å². The lowest BCUT2D eigenvalue weighted by molar-refractivity contribution is 0.102. The summed E-state index contributed by atoms with van der Waals surface area (Å²) in [5, 5.41) is 3.64. The van der Waals surface area contributed by atoms with Crippen LogP contribution in [0.3, 0.4) is 0 Å². The van der Waals surface area contributed by atoms with Crippen molar-refractivity contribution in [3.63, 3.8) is 0 Å². The highest BCUT2D eigenvalue weighted by atomic mass is 79.9. The average Bonchev–Trinajstić information content (AvgIpc) is 2.50. The van der Waals surface area contributed by atoms with Crippen LogP contribution in [-0.2, 0) is 0 Å². The molecule has 2 aromatic carbocycles. The summed E-state index contributed by atoms with van der Waals surface area (Å²) < 4.78 is 13.8. The van der Waals surface area contributed by atoms with Gasteiger partial charge in [0.2, 0.25) is 0 Å². The van der Waals surface area contributed by atoms with Crippen LogP contribution >= 0.6 is 15.9 Å². The van der Waals surface area contributed by atoms with Gasteiger partial charge in [0.05, 0.1) is 21.9 Å². The van der Waals surface area contributed by atoms with Crippen molar-refractivity contribution in [2.45, 2.75) is 0 Å². The monoisotopic (exact) mass is 344 g/mol. The number of pyridine rings is 1. The van der Waals surface area contributed by atoms with Crippen LogP contribution in [0.4, 0.5) is 10.1 Å². The summed E-state index contributed by atoms with van der Waals surface area (Å²) >= 11 is 3.06. The number of amides is 1. The van der Waals surface area contributed by atoms with E-state index in [1.165, 1.54) is 12.1 Å². The van der Waals surface area contributed by atoms with Crippen molar-refractivity contribution >= 4 is 38.4 Å². The van der Waals surface area contributed by atoms with Gasteiger partial charge in [0.25, 0.3) is 5.91 Å². The first-order valence-corrected chi connectivity index (χ1v) is 7.04. The Morgan fingerprint density at radius 3 is 2.76 bits per heavy atom. The maximum Gasteiger partial charge on any atom is 0.255 e. The molecule has 0 unspecified atom stereocenters. The van der Waals surface area contributed by atoms with E-state index in [0.29, 0.717) is 10.2 Å². The minimum atomic E-state index is -0.473. The Hall–Kier alpha value is -2.27. The minimum Gasteiger partial charge on any atom is -0.321 e. The zero-order valence-corrected chi connectivity index (χ0v) is 12.4. The first-order chi connectivity index (χ1) is 10.1. The van der Waals surface area contributed by atoms with Gasteiger partial charge in [0.15, 0.2) is 0 Å². The second-order valence-corrected chi connectivity index (χ2v) is 5.35. The van der Waals surface area contributed by atoms with Crippen LogP contribution < -0.4 is 5.32 Å². The number of rotatable bonds is 2. The van der Waals surface area contributed by atoms with Gasteiger partial charge in [-0.1, -0.05) is 18.2 Å². The zero-order valence-electron chi connectivity index (χ0n) is 10.8. The van der Waals surface area contributed by atoms with E-state index < -0.39 is 5.82 Å². The largest absolute Gasteiger partial charge is 0.321 e. The average molecular weight is 345 g/mol. The molecule has 3 rings (SSSR count). The standard InChI is InChI=1S/C16H10BrFN2O/c17-13-6-5-11(8-14(13)18)16(21)20-12-7-10-3-1-2-4-15(10)19-9-12/h1-9H,(H,20,21). The van der Waals surface area contributed by atoms with E-state index in [2.05, 4.69) is 26.2 Å². The molecule has 0 atom stereocenters. The zero-order chi connectivity index (χ0) is 14.8. The molecule has 3 aromatic rings. The molecule has 1 N–H and O–H groups in total. The van der Waals surface area contributed by atoms with Crippen LogP contribution in [0.25, 0.3) is 10.9 Å². The maximum atomic E-state index is 13.4. The summed E-state index contributed by atoms with van der Waals surface area (Å²) in [6.07, 6.45) is 1.58. The molecule has 0 bridgehead atoms. The number of aromatic nitrogens is 1. The van der Waals surface area contributed by atoms with E-state index in [0.717, 1.165) is 10.9 Å². The Morgan fingerprint density at radius 1 is 1.14 bits per heavy atom. The van der Waals surface area contributed by atoms with Gasteiger partial charge in [-0.3, -0.25) is 9.78 Å². The molecule has 0 saturated heterocycles. The highest BCUT2D eigenvalue weighted by molar-refractivity contribution is 9.10. The molecule has 1 aromatic heterocycles. The normalized spacial score (nSPS) is 10.6. The summed E-state index contributed by atoms with van der Waals surface area (Å²) in [5.41, 5.74) is 1.68. The highest BCUT2D eigenvalue weighted by Gasteiger charge is 2.09. The SMILES string of the molecule is O=C(Nc1cnc2ccccc2c1)c1ccc(Br)c(F)c1. The summed E-state index contributed by atoms with van der Waals surface area (Å²) in [4.78, 5) is 16.4. The van der Waals surface area contributed by atoms with Gasteiger partial charge in [-0.25, -0.2) is 4.39 Å². The molecular formula is C16H10BrFN2O. The molecule has 3 nitrogen and oxygen atoms in total. The minimum absolute atomic E-state index is 0.254. The van der Waals surface area contributed by atoms with Crippen molar-refractivity contribution in [1.82, 2.24) is 4.98 Å². The number of anilines is 1. The van der Waals surface area contributed by atoms with Crippen LogP contribution in [0.2, 0.25) is 0 Å². The third-order valence-corrected chi connectivity index (χ3v) is 3.67. The Morgan fingerprint density at radius 2 is 1.95 bits per heavy atom. The fourth-order valence-corrected chi connectivity index (χ4v) is 2.23. The number of hydrogen-bond donors (Lipinski definition) is 1. The number of fused-ring (bicyclic) bond motifs is 1. The molecule has 0 radical (unpaired) electrons. The second kappa shape index (κ2) is 5.61. The predicted molar refractivity (Wildman–Crippen MR) is 83.8 cm³/mol. The quantitative estimate of drug-likeness (QED) is 0.749. The van der Waals surface area contributed by atoms with Crippen molar-refractivity contribution in [3.05, 3.63) is 70.6 Å². The number of benzene rings is 2. The van der Waals surface area contributed by atoms with Crippen molar-refractivity contribution in [1.29, 1.82) is 0 Å². The summed E-state index contributed by atoms with van der Waals surface area (Å²) in [5.74, 6) is -0.849. The fraction of sp³-hybridized carbons (Fsp3) is 0. The Kier molecular flexibility index (Phi) is 3.66. The van der Waals surface area contributed by atoms with Crippen LogP contribution in [0.15, 0.2) is 59.2 Å². The number of para-hydroxylation sites is 1. The number of hydrogen-bond acceptors (Lipinski definition) is 2. The van der Waals surface area contributed by atoms with Gasteiger partial charge in [0, 0.05) is 10.9 Å². The van der Waals surface area contributed by atoms with E-state index in [9.17, 15) is 9.18 Å². The summed E-state index contributed by atoms with van der Waals surface area (Å²) in [6.45, 7) is 0. The van der Waals surface area contributed by atoms with Gasteiger partial charge in [-0.05, 0) is 46.3 Å². The first-order valence-electron chi connectivity index (χ1n) is 6.25. The highest BCUT2D eigenvalue weighted by Crippen LogP contribution is 2.19. The molecule has 0 fully saturated rings. The fourth-order valence-electron chi connectivity index (χ4n) is 1.98. The predicted octanol–water partition coefficient (Wildman–Crippen LogP) is 4.39. The third kappa shape index (κ3) is 2.92. The molecule has 5 heteroatoms. The van der Waals surface area contributed by atoms with Crippen LogP contribution in [0.1, 0.15) is 10.4 Å².